The number of ether oxygens (including phenoxy) is 2. The molecule has 0 saturated heterocycles. The highest BCUT2D eigenvalue weighted by atomic mass is 79.9. The third kappa shape index (κ3) is 3.92. The Kier molecular flexibility index (Phi) is 6.37. The van der Waals surface area contributed by atoms with Crippen LogP contribution in [0.5, 0.6) is 11.5 Å². The third-order valence-corrected chi connectivity index (χ3v) is 4.82. The number of halogens is 1. The van der Waals surface area contributed by atoms with E-state index in [9.17, 15) is 0 Å². The first-order valence-electron chi connectivity index (χ1n) is 8.03. The fraction of sp³-hybridized carbons (Fsp3) is 0.647. The van der Waals surface area contributed by atoms with Crippen molar-refractivity contribution in [2.24, 2.45) is 5.92 Å². The number of fused-ring (bicyclic) bond motifs is 1. The summed E-state index contributed by atoms with van der Waals surface area (Å²) in [4.78, 5) is 0. The first-order valence-corrected chi connectivity index (χ1v) is 8.82. The highest BCUT2D eigenvalue weighted by Gasteiger charge is 2.24. The molecule has 0 amide bonds. The van der Waals surface area contributed by atoms with Gasteiger partial charge in [0.25, 0.3) is 0 Å². The summed E-state index contributed by atoms with van der Waals surface area (Å²) < 4.78 is 12.5. The maximum absolute atomic E-state index is 5.75. The average molecular weight is 356 g/mol. The first kappa shape index (κ1) is 16.6. The minimum atomic E-state index is 0.352. The van der Waals surface area contributed by atoms with Gasteiger partial charge in [-0.3, -0.25) is 0 Å². The van der Waals surface area contributed by atoms with Crippen LogP contribution in [0.4, 0.5) is 0 Å². The van der Waals surface area contributed by atoms with Crippen molar-refractivity contribution in [2.45, 2.75) is 46.1 Å². The zero-order chi connectivity index (χ0) is 15.2. The van der Waals surface area contributed by atoms with Gasteiger partial charge in [0.15, 0.2) is 11.5 Å². The predicted octanol–water partition coefficient (Wildman–Crippen LogP) is 4.70. The fourth-order valence-corrected chi connectivity index (χ4v) is 3.48. The number of benzene rings is 1. The molecule has 3 nitrogen and oxygen atoms in total. The Morgan fingerprint density at radius 3 is 2.29 bits per heavy atom. The summed E-state index contributed by atoms with van der Waals surface area (Å²) in [6.07, 6.45) is 3.47. The van der Waals surface area contributed by atoms with Crippen molar-refractivity contribution in [3.8, 4) is 11.5 Å². The van der Waals surface area contributed by atoms with Gasteiger partial charge in [-0.1, -0.05) is 49.5 Å². The van der Waals surface area contributed by atoms with Crippen LogP contribution >= 0.6 is 15.9 Å². The van der Waals surface area contributed by atoms with Crippen LogP contribution in [-0.2, 0) is 0 Å². The molecule has 1 aliphatic rings. The predicted molar refractivity (Wildman–Crippen MR) is 90.2 cm³/mol. The lowest BCUT2D eigenvalue weighted by Crippen LogP contribution is -2.29. The largest absolute Gasteiger partial charge is 0.486 e. The van der Waals surface area contributed by atoms with Crippen LogP contribution in [0.25, 0.3) is 0 Å². The van der Waals surface area contributed by atoms with E-state index in [-0.39, 0.29) is 0 Å². The van der Waals surface area contributed by atoms with Crippen molar-refractivity contribution in [3.63, 3.8) is 0 Å². The molecule has 4 heteroatoms. The van der Waals surface area contributed by atoms with Crippen molar-refractivity contribution in [1.82, 2.24) is 5.32 Å². The molecular weight excluding hydrogens is 330 g/mol. The summed E-state index contributed by atoms with van der Waals surface area (Å²) >= 11 is 3.72. The Labute approximate surface area is 136 Å². The molecule has 0 bridgehead atoms. The van der Waals surface area contributed by atoms with Gasteiger partial charge in [0.05, 0.1) is 0 Å². The fourth-order valence-electron chi connectivity index (χ4n) is 2.91. The van der Waals surface area contributed by atoms with Crippen LogP contribution in [0, 0.1) is 5.92 Å². The van der Waals surface area contributed by atoms with Crippen LogP contribution < -0.4 is 14.8 Å². The van der Waals surface area contributed by atoms with Gasteiger partial charge in [-0.15, -0.1) is 0 Å². The zero-order valence-corrected chi connectivity index (χ0v) is 14.8. The molecule has 118 valence electrons. The van der Waals surface area contributed by atoms with Crippen LogP contribution in [0.3, 0.4) is 0 Å². The molecule has 0 radical (unpaired) electrons. The second-order valence-corrected chi connectivity index (χ2v) is 6.38. The molecule has 21 heavy (non-hydrogen) atoms. The molecule has 1 N–H and O–H groups in total. The molecule has 1 aromatic carbocycles. The minimum Gasteiger partial charge on any atom is -0.486 e. The standard InChI is InChI=1S/C17H26BrNO2/c1-4-7-19-17(12(5-2)6-3)13-10-15-16(11-14(13)18)21-9-8-20-15/h10-12,17,19H,4-9H2,1-3H3. The van der Waals surface area contributed by atoms with Crippen LogP contribution in [0.1, 0.15) is 51.6 Å². The van der Waals surface area contributed by atoms with Gasteiger partial charge in [-0.25, -0.2) is 0 Å². The molecule has 0 fully saturated rings. The van der Waals surface area contributed by atoms with Gasteiger partial charge in [0.1, 0.15) is 13.2 Å². The normalized spacial score (nSPS) is 15.3. The van der Waals surface area contributed by atoms with Crippen LogP contribution in [-0.4, -0.2) is 19.8 Å². The molecule has 1 atom stereocenters. The van der Waals surface area contributed by atoms with Crippen molar-refractivity contribution in [3.05, 3.63) is 22.2 Å². The topological polar surface area (TPSA) is 30.5 Å². The first-order chi connectivity index (χ1) is 10.2. The summed E-state index contributed by atoms with van der Waals surface area (Å²) in [6, 6.07) is 4.54. The second-order valence-electron chi connectivity index (χ2n) is 5.53. The molecule has 0 aromatic heterocycles. The SMILES string of the molecule is CCCNC(c1cc2c(cc1Br)OCCO2)C(CC)CC. The van der Waals surface area contributed by atoms with E-state index >= 15 is 0 Å². The summed E-state index contributed by atoms with van der Waals surface area (Å²) in [6.45, 7) is 9.02. The quantitative estimate of drug-likeness (QED) is 0.768. The summed E-state index contributed by atoms with van der Waals surface area (Å²) in [5.41, 5.74) is 1.28. The third-order valence-electron chi connectivity index (χ3n) is 4.13. The van der Waals surface area contributed by atoms with E-state index in [2.05, 4.69) is 48.1 Å². The number of rotatable bonds is 7. The van der Waals surface area contributed by atoms with Crippen molar-refractivity contribution >= 4 is 15.9 Å². The minimum absolute atomic E-state index is 0.352. The van der Waals surface area contributed by atoms with Gasteiger partial charge in [-0.2, -0.15) is 0 Å². The van der Waals surface area contributed by atoms with E-state index in [1.165, 1.54) is 18.4 Å². The van der Waals surface area contributed by atoms with E-state index in [0.29, 0.717) is 25.2 Å². The Balaban J connectivity index is 2.33. The lowest BCUT2D eigenvalue weighted by molar-refractivity contribution is 0.171. The van der Waals surface area contributed by atoms with Crippen molar-refractivity contribution in [2.75, 3.05) is 19.8 Å². The summed E-state index contributed by atoms with van der Waals surface area (Å²) in [5, 5.41) is 3.71. The number of hydrogen-bond acceptors (Lipinski definition) is 3. The zero-order valence-electron chi connectivity index (χ0n) is 13.2. The lowest BCUT2D eigenvalue weighted by Gasteiger charge is -2.29. The summed E-state index contributed by atoms with van der Waals surface area (Å²) in [5.74, 6) is 2.33. The molecule has 0 saturated carbocycles. The van der Waals surface area contributed by atoms with E-state index in [1.54, 1.807) is 0 Å². The Hall–Kier alpha value is -0.740. The number of nitrogens with one attached hydrogen (secondary N) is 1. The highest BCUT2D eigenvalue weighted by Crippen LogP contribution is 2.40. The van der Waals surface area contributed by atoms with Gasteiger partial charge in [0, 0.05) is 10.5 Å². The van der Waals surface area contributed by atoms with Crippen molar-refractivity contribution < 1.29 is 9.47 Å². The second kappa shape index (κ2) is 8.04. The lowest BCUT2D eigenvalue weighted by atomic mass is 9.88. The molecule has 2 rings (SSSR count). The molecule has 1 aliphatic heterocycles. The van der Waals surface area contributed by atoms with Gasteiger partial charge < -0.3 is 14.8 Å². The summed E-state index contributed by atoms with van der Waals surface area (Å²) in [7, 11) is 0. The molecular formula is C17H26BrNO2. The molecule has 1 aromatic rings. The van der Waals surface area contributed by atoms with E-state index < -0.39 is 0 Å². The van der Waals surface area contributed by atoms with Gasteiger partial charge in [-0.05, 0) is 36.6 Å². The molecule has 1 heterocycles. The van der Waals surface area contributed by atoms with E-state index in [4.69, 9.17) is 9.47 Å². The molecule has 0 spiro atoms. The maximum Gasteiger partial charge on any atom is 0.162 e. The Morgan fingerprint density at radius 2 is 1.71 bits per heavy atom. The van der Waals surface area contributed by atoms with Gasteiger partial charge in [0.2, 0.25) is 0 Å². The highest BCUT2D eigenvalue weighted by molar-refractivity contribution is 9.10. The Bertz CT molecular complexity index is 460. The average Bonchev–Trinajstić information content (AvgIpc) is 2.51. The monoisotopic (exact) mass is 355 g/mol. The van der Waals surface area contributed by atoms with E-state index in [0.717, 1.165) is 28.9 Å². The van der Waals surface area contributed by atoms with E-state index in [1.807, 2.05) is 6.07 Å². The smallest absolute Gasteiger partial charge is 0.162 e. The Morgan fingerprint density at radius 1 is 1.10 bits per heavy atom. The van der Waals surface area contributed by atoms with Crippen molar-refractivity contribution in [1.29, 1.82) is 0 Å². The maximum atomic E-state index is 5.75. The number of hydrogen-bond donors (Lipinski definition) is 1. The van der Waals surface area contributed by atoms with Crippen LogP contribution in [0.2, 0.25) is 0 Å². The molecule has 0 aliphatic carbocycles. The van der Waals surface area contributed by atoms with Gasteiger partial charge >= 0.3 is 0 Å². The van der Waals surface area contributed by atoms with Crippen LogP contribution in [0.15, 0.2) is 16.6 Å². The molecule has 1 unspecified atom stereocenters.